The van der Waals surface area contributed by atoms with Crippen LogP contribution >= 0.6 is 0 Å². The van der Waals surface area contributed by atoms with Gasteiger partial charge in [-0.05, 0) is 50.2 Å². The fourth-order valence-electron chi connectivity index (χ4n) is 2.27. The van der Waals surface area contributed by atoms with Crippen LogP contribution in [0.3, 0.4) is 0 Å². The van der Waals surface area contributed by atoms with Gasteiger partial charge < -0.3 is 15.0 Å². The summed E-state index contributed by atoms with van der Waals surface area (Å²) >= 11 is 0. The molecular weight excluding hydrogens is 272 g/mol. The summed E-state index contributed by atoms with van der Waals surface area (Å²) in [6, 6.07) is 12.5. The Labute approximate surface area is 130 Å². The predicted octanol–water partition coefficient (Wildman–Crippen LogP) is 4.04. The van der Waals surface area contributed by atoms with Gasteiger partial charge >= 0.3 is 0 Å². The highest BCUT2D eigenvalue weighted by molar-refractivity contribution is 5.64. The van der Waals surface area contributed by atoms with Gasteiger partial charge in [-0.2, -0.15) is 0 Å². The third kappa shape index (κ3) is 3.19. The molecule has 4 nitrogen and oxygen atoms in total. The Bertz CT molecular complexity index is 734. The Hall–Kier alpha value is -2.97. The van der Waals surface area contributed by atoms with E-state index in [4.69, 9.17) is 0 Å². The van der Waals surface area contributed by atoms with E-state index >= 15 is 0 Å². The maximum Gasteiger partial charge on any atom is 0.152 e. The average Bonchev–Trinajstić information content (AvgIpc) is 3.28. The third-order valence-electron chi connectivity index (χ3n) is 3.37. The molecule has 1 aliphatic heterocycles. The van der Waals surface area contributed by atoms with Crippen LogP contribution in [0.5, 0.6) is 0 Å². The number of allylic oxidation sites excluding steroid dienone is 2. The van der Waals surface area contributed by atoms with Crippen LogP contribution in [-0.2, 0) is 0 Å². The Morgan fingerprint density at radius 2 is 1.18 bits per heavy atom. The van der Waals surface area contributed by atoms with Crippen molar-refractivity contribution in [1.29, 1.82) is 0 Å². The molecule has 0 aliphatic carbocycles. The second kappa shape index (κ2) is 6.20. The summed E-state index contributed by atoms with van der Waals surface area (Å²) < 4.78 is 0. The number of rotatable bonds is 2. The van der Waals surface area contributed by atoms with Gasteiger partial charge in [-0.3, -0.25) is 0 Å². The van der Waals surface area contributed by atoms with Crippen LogP contribution in [0.15, 0.2) is 54.8 Å². The lowest BCUT2D eigenvalue weighted by atomic mass is 10.3. The molecule has 4 rings (SSSR count). The van der Waals surface area contributed by atoms with Crippen LogP contribution in [0.2, 0.25) is 0 Å². The Morgan fingerprint density at radius 1 is 0.682 bits per heavy atom. The van der Waals surface area contributed by atoms with E-state index in [1.165, 1.54) is 11.4 Å². The molecule has 0 aromatic carbocycles. The first kappa shape index (κ1) is 14.0. The van der Waals surface area contributed by atoms with E-state index in [-0.39, 0.29) is 0 Å². The summed E-state index contributed by atoms with van der Waals surface area (Å²) in [5.41, 5.74) is 6.81. The average molecular weight is 291 g/mol. The summed E-state index contributed by atoms with van der Waals surface area (Å²) in [5, 5.41) is 2.74. The van der Waals surface area contributed by atoms with Crippen molar-refractivity contribution in [3.8, 4) is 22.8 Å². The van der Waals surface area contributed by atoms with Gasteiger partial charge in [0.2, 0.25) is 0 Å². The van der Waals surface area contributed by atoms with Gasteiger partial charge in [0.1, 0.15) is 18.4 Å². The van der Waals surface area contributed by atoms with Gasteiger partial charge in [-0.1, -0.05) is 0 Å². The maximum absolute atomic E-state index is 3.41. The minimum absolute atomic E-state index is 1.11. The molecule has 0 spiro atoms. The van der Waals surface area contributed by atoms with Crippen LogP contribution < -0.4 is 5.32 Å². The van der Waals surface area contributed by atoms with E-state index < -0.39 is 0 Å². The maximum atomic E-state index is 3.41. The summed E-state index contributed by atoms with van der Waals surface area (Å²) in [6.45, 7) is 4.11. The first-order valence-corrected chi connectivity index (χ1v) is 7.23. The molecule has 4 N–H and O–H groups in total. The number of nitrogens with one attached hydrogen (secondary N) is 4. The molecule has 3 aromatic rings. The largest absolute Gasteiger partial charge is 0.357 e. The quantitative estimate of drug-likeness (QED) is 0.529. The minimum atomic E-state index is 1.11. The molecule has 4 heterocycles. The van der Waals surface area contributed by atoms with E-state index in [1.807, 2.05) is 18.4 Å². The fourth-order valence-corrected chi connectivity index (χ4v) is 2.27. The van der Waals surface area contributed by atoms with Crippen LogP contribution in [0.4, 0.5) is 0 Å². The number of aromatic nitrogens is 3. The number of H-pyrrole nitrogens is 3. The standard InChI is InChI=1S/C14H15N3.C4H4N/c1-9-3-5-11(15-9)13-7-8-14(17-13)12-6-4-10(2)16-12;1-2-4-5-3-1/h3-8,15-17H,1-2H3;1-3,5H/q;+1. The van der Waals surface area contributed by atoms with Crippen LogP contribution in [0, 0.1) is 20.0 Å². The number of hydrogen-bond acceptors (Lipinski definition) is 1. The molecule has 110 valence electrons. The molecule has 0 radical (unpaired) electrons. The SMILES string of the molecule is Cc1ccc(-c2ccc(-c3ccc(C)[nH]3)[nH]2)[nH]1.[C+]1=CC=CN1. The second-order valence-electron chi connectivity index (χ2n) is 5.21. The van der Waals surface area contributed by atoms with Gasteiger partial charge in [0.25, 0.3) is 0 Å². The highest BCUT2D eigenvalue weighted by Gasteiger charge is 2.05. The molecule has 3 aromatic heterocycles. The zero-order valence-electron chi connectivity index (χ0n) is 12.7. The monoisotopic (exact) mass is 291 g/mol. The summed E-state index contributed by atoms with van der Waals surface area (Å²) in [5.74, 6) is 0. The predicted molar refractivity (Wildman–Crippen MR) is 89.9 cm³/mol. The number of hydrogen-bond donors (Lipinski definition) is 4. The number of aryl methyl sites for hydroxylation is 2. The molecule has 22 heavy (non-hydrogen) atoms. The van der Waals surface area contributed by atoms with E-state index in [0.717, 1.165) is 22.8 Å². The van der Waals surface area contributed by atoms with Gasteiger partial charge in [0, 0.05) is 11.4 Å². The van der Waals surface area contributed by atoms with Crippen molar-refractivity contribution in [2.24, 2.45) is 0 Å². The number of aromatic amines is 3. The van der Waals surface area contributed by atoms with E-state index in [1.54, 1.807) is 0 Å². The first-order chi connectivity index (χ1) is 10.7. The van der Waals surface area contributed by atoms with Crippen molar-refractivity contribution < 1.29 is 0 Å². The van der Waals surface area contributed by atoms with Gasteiger partial charge in [0.15, 0.2) is 6.20 Å². The molecule has 0 fully saturated rings. The Balaban J connectivity index is 0.000000246. The van der Waals surface area contributed by atoms with Crippen molar-refractivity contribution in [3.63, 3.8) is 0 Å². The highest BCUT2D eigenvalue weighted by atomic mass is 14.8. The van der Waals surface area contributed by atoms with Crippen molar-refractivity contribution in [2.45, 2.75) is 13.8 Å². The van der Waals surface area contributed by atoms with Gasteiger partial charge in [-0.25, -0.2) is 5.32 Å². The topological polar surface area (TPSA) is 59.4 Å². The lowest BCUT2D eigenvalue weighted by molar-refractivity contribution is 1.19. The van der Waals surface area contributed by atoms with Crippen LogP contribution in [0.1, 0.15) is 11.4 Å². The van der Waals surface area contributed by atoms with E-state index in [0.29, 0.717) is 0 Å². The molecule has 0 saturated heterocycles. The molecule has 0 amide bonds. The van der Waals surface area contributed by atoms with Crippen molar-refractivity contribution in [1.82, 2.24) is 20.3 Å². The smallest absolute Gasteiger partial charge is 0.152 e. The zero-order valence-corrected chi connectivity index (χ0v) is 12.7. The lowest BCUT2D eigenvalue weighted by Gasteiger charge is -1.95. The second-order valence-corrected chi connectivity index (χ2v) is 5.21. The molecule has 0 saturated carbocycles. The first-order valence-electron chi connectivity index (χ1n) is 7.23. The van der Waals surface area contributed by atoms with Crippen molar-refractivity contribution in [2.75, 3.05) is 0 Å². The zero-order chi connectivity index (χ0) is 15.4. The molecular formula is C18H19N4+. The third-order valence-corrected chi connectivity index (χ3v) is 3.37. The van der Waals surface area contributed by atoms with Gasteiger partial charge in [-0.15, -0.1) is 0 Å². The minimum Gasteiger partial charge on any atom is -0.357 e. The molecule has 0 bridgehead atoms. The molecule has 4 heteroatoms. The van der Waals surface area contributed by atoms with Crippen LogP contribution in [-0.4, -0.2) is 15.0 Å². The summed E-state index contributed by atoms with van der Waals surface area (Å²) in [6.07, 6.45) is 8.26. The fraction of sp³-hybridized carbons (Fsp3) is 0.111. The van der Waals surface area contributed by atoms with Crippen molar-refractivity contribution >= 4 is 0 Å². The van der Waals surface area contributed by atoms with E-state index in [2.05, 4.69) is 76.7 Å². The molecule has 1 aliphatic rings. The Kier molecular flexibility index (Phi) is 3.95. The molecule has 0 unspecified atom stereocenters. The lowest BCUT2D eigenvalue weighted by Crippen LogP contribution is -1.83. The van der Waals surface area contributed by atoms with Crippen LogP contribution in [0.25, 0.3) is 22.8 Å². The van der Waals surface area contributed by atoms with Crippen molar-refractivity contribution in [3.05, 3.63) is 72.3 Å². The van der Waals surface area contributed by atoms with Gasteiger partial charge in [0.05, 0.1) is 22.8 Å². The summed E-state index contributed by atoms with van der Waals surface area (Å²) in [4.78, 5) is 10.1. The highest BCUT2D eigenvalue weighted by Crippen LogP contribution is 2.23. The Morgan fingerprint density at radius 3 is 1.50 bits per heavy atom. The normalized spacial score (nSPS) is 11.7. The molecule has 0 atom stereocenters. The van der Waals surface area contributed by atoms with E-state index in [9.17, 15) is 0 Å². The summed E-state index contributed by atoms with van der Waals surface area (Å²) in [7, 11) is 0.